The molecule has 56 heavy (non-hydrogen) atoms. The molecule has 0 radical (unpaired) electrons. The quantitative estimate of drug-likeness (QED) is 0.167. The zero-order chi connectivity index (χ0) is 37.2. The average molecular weight is 715 g/mol. The van der Waals surface area contributed by atoms with Crippen molar-refractivity contribution in [1.82, 2.24) is 19.5 Å². The van der Waals surface area contributed by atoms with E-state index in [9.17, 15) is 0 Å². The Morgan fingerprint density at radius 1 is 0.375 bits per heavy atom. The van der Waals surface area contributed by atoms with Gasteiger partial charge in [-0.25, -0.2) is 15.0 Å². The van der Waals surface area contributed by atoms with E-state index in [1.807, 2.05) is 12.1 Å². The van der Waals surface area contributed by atoms with E-state index in [1.165, 1.54) is 21.8 Å². The lowest BCUT2D eigenvalue weighted by atomic mass is 9.91. The Balaban J connectivity index is 1.14. The molecule has 0 saturated carbocycles. The van der Waals surface area contributed by atoms with Crippen molar-refractivity contribution in [2.45, 2.75) is 6.92 Å². The molecule has 0 saturated heterocycles. The number of hydrogen-bond donors (Lipinski definition) is 0. The number of para-hydroxylation sites is 3. The number of hydrogen-bond acceptors (Lipinski definition) is 3. The van der Waals surface area contributed by atoms with Gasteiger partial charge in [0.1, 0.15) is 0 Å². The largest absolute Gasteiger partial charge is 0.309 e. The molecule has 0 aliphatic rings. The number of fused-ring (bicyclic) bond motifs is 8. The van der Waals surface area contributed by atoms with Gasteiger partial charge in [-0.15, -0.1) is 0 Å². The van der Waals surface area contributed by atoms with Gasteiger partial charge in [0.25, 0.3) is 0 Å². The fourth-order valence-corrected chi connectivity index (χ4v) is 8.57. The highest BCUT2D eigenvalue weighted by Gasteiger charge is 2.22. The molecule has 11 rings (SSSR count). The standard InChI is InChI=1S/C52H34N4/c1-33-32-44-52(55-50(36-18-6-3-7-19-36)49(54-44)35-16-4-2-5-17-35)48-42-24-10-13-25-43(42)53-51(47(33)48)41-23-9-8-20-38(41)34-28-30-37(31-29-34)56-45-26-14-11-21-39(45)40-22-12-15-27-46(40)56/h2-32H,1H3. The minimum Gasteiger partial charge on any atom is -0.309 e. The van der Waals surface area contributed by atoms with Crippen LogP contribution >= 0.6 is 0 Å². The summed E-state index contributed by atoms with van der Waals surface area (Å²) < 4.78 is 2.36. The lowest BCUT2D eigenvalue weighted by Gasteiger charge is -2.18. The molecule has 0 aliphatic carbocycles. The van der Waals surface area contributed by atoms with Gasteiger partial charge in [0.15, 0.2) is 0 Å². The molecule has 0 bridgehead atoms. The van der Waals surface area contributed by atoms with E-state index in [0.29, 0.717) is 0 Å². The van der Waals surface area contributed by atoms with Crippen molar-refractivity contribution in [3.8, 4) is 50.6 Å². The van der Waals surface area contributed by atoms with Gasteiger partial charge >= 0.3 is 0 Å². The highest BCUT2D eigenvalue weighted by molar-refractivity contribution is 6.22. The van der Waals surface area contributed by atoms with Gasteiger partial charge in [-0.3, -0.25) is 0 Å². The Kier molecular flexibility index (Phi) is 7.36. The first-order valence-corrected chi connectivity index (χ1v) is 19.0. The van der Waals surface area contributed by atoms with Crippen LogP contribution in [-0.2, 0) is 0 Å². The van der Waals surface area contributed by atoms with Gasteiger partial charge in [-0.1, -0.05) is 152 Å². The molecule has 3 heterocycles. The van der Waals surface area contributed by atoms with Crippen LogP contribution in [0.25, 0.3) is 105 Å². The van der Waals surface area contributed by atoms with Gasteiger partial charge in [-0.2, -0.15) is 0 Å². The summed E-state index contributed by atoms with van der Waals surface area (Å²) in [7, 11) is 0. The molecule has 3 aromatic heterocycles. The summed E-state index contributed by atoms with van der Waals surface area (Å²) in [5.74, 6) is 0. The van der Waals surface area contributed by atoms with Crippen LogP contribution < -0.4 is 0 Å². The van der Waals surface area contributed by atoms with Gasteiger partial charge < -0.3 is 4.57 Å². The zero-order valence-electron chi connectivity index (χ0n) is 30.7. The van der Waals surface area contributed by atoms with Crippen LogP contribution in [0.4, 0.5) is 0 Å². The first kappa shape index (κ1) is 32.0. The Morgan fingerprint density at radius 3 is 1.55 bits per heavy atom. The van der Waals surface area contributed by atoms with Crippen molar-refractivity contribution in [3.05, 3.63) is 194 Å². The van der Waals surface area contributed by atoms with Crippen LogP contribution in [-0.4, -0.2) is 19.5 Å². The van der Waals surface area contributed by atoms with Gasteiger partial charge in [0.05, 0.1) is 44.7 Å². The van der Waals surface area contributed by atoms with E-state index in [0.717, 1.165) is 88.9 Å². The smallest absolute Gasteiger partial charge is 0.0980 e. The maximum Gasteiger partial charge on any atom is 0.0980 e. The van der Waals surface area contributed by atoms with Gasteiger partial charge in [0.2, 0.25) is 0 Å². The fraction of sp³-hybridized carbons (Fsp3) is 0.0192. The molecule has 0 aliphatic heterocycles. The van der Waals surface area contributed by atoms with Crippen molar-refractivity contribution in [2.75, 3.05) is 0 Å². The summed E-state index contributed by atoms with van der Waals surface area (Å²) >= 11 is 0. The van der Waals surface area contributed by atoms with E-state index in [1.54, 1.807) is 0 Å². The molecular weight excluding hydrogens is 681 g/mol. The van der Waals surface area contributed by atoms with E-state index >= 15 is 0 Å². The molecular formula is C52H34N4. The average Bonchev–Trinajstić information content (AvgIpc) is 3.60. The predicted octanol–water partition coefficient (Wildman–Crippen LogP) is 13.4. The summed E-state index contributed by atoms with van der Waals surface area (Å²) in [6, 6.07) is 66.3. The fourth-order valence-electron chi connectivity index (χ4n) is 8.57. The zero-order valence-corrected chi connectivity index (χ0v) is 30.7. The first-order chi connectivity index (χ1) is 27.7. The third kappa shape index (κ3) is 5.04. The lowest BCUT2D eigenvalue weighted by Crippen LogP contribution is -2.00. The van der Waals surface area contributed by atoms with E-state index < -0.39 is 0 Å². The maximum atomic E-state index is 5.54. The van der Waals surface area contributed by atoms with Gasteiger partial charge in [-0.05, 0) is 60.0 Å². The van der Waals surface area contributed by atoms with E-state index in [-0.39, 0.29) is 0 Å². The molecule has 4 nitrogen and oxygen atoms in total. The topological polar surface area (TPSA) is 43.6 Å². The minimum absolute atomic E-state index is 0.862. The molecule has 4 heteroatoms. The number of rotatable bonds is 5. The van der Waals surface area contributed by atoms with E-state index in [4.69, 9.17) is 15.0 Å². The number of pyridine rings is 1. The Hall–Kier alpha value is -7.43. The summed E-state index contributed by atoms with van der Waals surface area (Å²) in [6.45, 7) is 2.18. The van der Waals surface area contributed by atoms with Crippen molar-refractivity contribution in [2.24, 2.45) is 0 Å². The van der Waals surface area contributed by atoms with Gasteiger partial charge in [0, 0.05) is 49.3 Å². The highest BCUT2D eigenvalue weighted by atomic mass is 15.0. The molecule has 0 amide bonds. The van der Waals surface area contributed by atoms with Crippen molar-refractivity contribution >= 4 is 54.5 Å². The van der Waals surface area contributed by atoms with Crippen molar-refractivity contribution in [3.63, 3.8) is 0 Å². The van der Waals surface area contributed by atoms with E-state index in [2.05, 4.69) is 187 Å². The maximum absolute atomic E-state index is 5.54. The van der Waals surface area contributed by atoms with Crippen LogP contribution in [0.1, 0.15) is 5.56 Å². The second kappa shape index (κ2) is 12.9. The SMILES string of the molecule is Cc1cc2nc(-c3ccccc3)c(-c3ccccc3)nc2c2c1c(-c1ccccc1-c1ccc(-n3c4ccccc4c4ccccc43)cc1)nc1ccccc12. The Labute approximate surface area is 324 Å². The number of benzene rings is 8. The summed E-state index contributed by atoms with van der Waals surface area (Å²) in [5.41, 5.74) is 15.4. The van der Waals surface area contributed by atoms with Crippen LogP contribution in [0.15, 0.2) is 188 Å². The molecule has 0 fully saturated rings. The Bertz CT molecular complexity index is 3240. The monoisotopic (exact) mass is 714 g/mol. The summed E-state index contributed by atoms with van der Waals surface area (Å²) in [5, 5.41) is 5.74. The summed E-state index contributed by atoms with van der Waals surface area (Å²) in [4.78, 5) is 16.4. The van der Waals surface area contributed by atoms with Crippen LogP contribution in [0.3, 0.4) is 0 Å². The minimum atomic E-state index is 0.862. The molecule has 0 atom stereocenters. The van der Waals surface area contributed by atoms with Crippen LogP contribution in [0.2, 0.25) is 0 Å². The Morgan fingerprint density at radius 2 is 0.893 bits per heavy atom. The number of aromatic nitrogens is 4. The normalized spacial score (nSPS) is 11.7. The molecule has 262 valence electrons. The number of nitrogens with zero attached hydrogens (tertiary/aromatic N) is 4. The van der Waals surface area contributed by atoms with Crippen LogP contribution in [0.5, 0.6) is 0 Å². The molecule has 0 unspecified atom stereocenters. The number of aryl methyl sites for hydroxylation is 1. The molecule has 8 aromatic carbocycles. The third-order valence-corrected chi connectivity index (χ3v) is 11.1. The molecule has 11 aromatic rings. The second-order valence-corrected chi connectivity index (χ2v) is 14.4. The summed E-state index contributed by atoms with van der Waals surface area (Å²) in [6.07, 6.45) is 0. The third-order valence-electron chi connectivity index (χ3n) is 11.1. The lowest BCUT2D eigenvalue weighted by molar-refractivity contribution is 1.18. The van der Waals surface area contributed by atoms with Crippen molar-refractivity contribution < 1.29 is 0 Å². The molecule has 0 N–H and O–H groups in total. The first-order valence-electron chi connectivity index (χ1n) is 19.0. The van der Waals surface area contributed by atoms with Crippen LogP contribution in [0, 0.1) is 6.92 Å². The predicted molar refractivity (Wildman–Crippen MR) is 233 cm³/mol. The second-order valence-electron chi connectivity index (χ2n) is 14.4. The van der Waals surface area contributed by atoms with Crippen molar-refractivity contribution in [1.29, 1.82) is 0 Å². The highest BCUT2D eigenvalue weighted by Crippen LogP contribution is 2.43. The molecule has 0 spiro atoms.